The minimum atomic E-state index is -1.06. The smallest absolute Gasteiger partial charge is 0.337 e. The summed E-state index contributed by atoms with van der Waals surface area (Å²) < 4.78 is 1.97. The molecule has 0 bridgehead atoms. The Morgan fingerprint density at radius 1 is 1.42 bits per heavy atom. The molecule has 0 saturated carbocycles. The Morgan fingerprint density at radius 2 is 2.16 bits per heavy atom. The van der Waals surface area contributed by atoms with Crippen LogP contribution < -0.4 is 5.32 Å². The molecule has 0 spiro atoms. The van der Waals surface area contributed by atoms with Crippen molar-refractivity contribution in [1.82, 2.24) is 4.98 Å². The molecule has 0 saturated heterocycles. The monoisotopic (exact) mass is 452 g/mol. The van der Waals surface area contributed by atoms with Crippen molar-refractivity contribution >= 4 is 67.6 Å². The van der Waals surface area contributed by atoms with Crippen LogP contribution in [0.3, 0.4) is 0 Å². The van der Waals surface area contributed by atoms with E-state index >= 15 is 0 Å². The first-order valence-electron chi connectivity index (χ1n) is 5.08. The van der Waals surface area contributed by atoms with Crippen LogP contribution in [0.2, 0.25) is 5.02 Å². The van der Waals surface area contributed by atoms with Gasteiger partial charge in [0.05, 0.1) is 16.3 Å². The van der Waals surface area contributed by atoms with E-state index in [1.165, 1.54) is 12.3 Å². The molecule has 2 rings (SSSR count). The molecule has 0 amide bonds. The second-order valence-corrected chi connectivity index (χ2v) is 6.12. The van der Waals surface area contributed by atoms with Gasteiger partial charge in [-0.3, -0.25) is 0 Å². The lowest BCUT2D eigenvalue weighted by atomic mass is 10.3. The van der Waals surface area contributed by atoms with Gasteiger partial charge in [-0.15, -0.1) is 0 Å². The van der Waals surface area contributed by atoms with E-state index in [2.05, 4.69) is 48.8 Å². The molecule has 4 nitrogen and oxygen atoms in total. The van der Waals surface area contributed by atoms with Gasteiger partial charge in [0.25, 0.3) is 0 Å². The average molecular weight is 453 g/mol. The van der Waals surface area contributed by atoms with Crippen molar-refractivity contribution in [3.63, 3.8) is 0 Å². The van der Waals surface area contributed by atoms with Gasteiger partial charge in [0.2, 0.25) is 0 Å². The Kier molecular flexibility index (Phi) is 4.64. The maximum atomic E-state index is 10.8. The number of aromatic nitrogens is 1. The lowest BCUT2D eigenvalue weighted by Crippen LogP contribution is -2.01. The highest BCUT2D eigenvalue weighted by atomic mass is 127. The molecule has 0 radical (unpaired) electrons. The topological polar surface area (TPSA) is 62.2 Å². The minimum Gasteiger partial charge on any atom is -0.478 e. The SMILES string of the molecule is O=C(O)c1cnc(Nc2ccc(I)cc2Br)c(Cl)c1. The molecule has 1 heterocycles. The van der Waals surface area contributed by atoms with E-state index in [9.17, 15) is 4.79 Å². The zero-order valence-electron chi connectivity index (χ0n) is 9.32. The number of pyridine rings is 1. The summed E-state index contributed by atoms with van der Waals surface area (Å²) in [6.45, 7) is 0. The molecule has 0 atom stereocenters. The number of hydrogen-bond acceptors (Lipinski definition) is 3. The van der Waals surface area contributed by atoms with Crippen LogP contribution in [-0.4, -0.2) is 16.1 Å². The summed E-state index contributed by atoms with van der Waals surface area (Å²) in [5.74, 6) is -0.648. The molecule has 1 aromatic heterocycles. The maximum Gasteiger partial charge on any atom is 0.337 e. The van der Waals surface area contributed by atoms with Crippen LogP contribution in [-0.2, 0) is 0 Å². The fourth-order valence-electron chi connectivity index (χ4n) is 1.37. The van der Waals surface area contributed by atoms with Crippen molar-refractivity contribution in [2.24, 2.45) is 0 Å². The lowest BCUT2D eigenvalue weighted by molar-refractivity contribution is 0.0696. The standard InChI is InChI=1S/C12H7BrClIN2O2/c13-8-4-7(15)1-2-10(8)17-11-9(14)3-6(5-16-11)12(18)19/h1-5H,(H,16,17)(H,18,19). The summed E-state index contributed by atoms with van der Waals surface area (Å²) in [7, 11) is 0. The molecule has 19 heavy (non-hydrogen) atoms. The first-order valence-corrected chi connectivity index (χ1v) is 7.33. The number of aromatic carboxylic acids is 1. The van der Waals surface area contributed by atoms with Gasteiger partial charge < -0.3 is 10.4 Å². The van der Waals surface area contributed by atoms with Crippen molar-refractivity contribution in [3.8, 4) is 0 Å². The minimum absolute atomic E-state index is 0.0530. The summed E-state index contributed by atoms with van der Waals surface area (Å²) in [5.41, 5.74) is 0.857. The summed E-state index contributed by atoms with van der Waals surface area (Å²) in [4.78, 5) is 14.8. The van der Waals surface area contributed by atoms with Crippen LogP contribution in [0.5, 0.6) is 0 Å². The Labute approximate surface area is 136 Å². The third-order valence-electron chi connectivity index (χ3n) is 2.27. The Hall–Kier alpha value is -0.860. The molecule has 2 N–H and O–H groups in total. The van der Waals surface area contributed by atoms with Gasteiger partial charge in [-0.25, -0.2) is 9.78 Å². The van der Waals surface area contributed by atoms with Crippen LogP contribution in [0.25, 0.3) is 0 Å². The van der Waals surface area contributed by atoms with E-state index in [1.54, 1.807) is 0 Å². The zero-order chi connectivity index (χ0) is 14.0. The Morgan fingerprint density at radius 3 is 2.74 bits per heavy atom. The highest BCUT2D eigenvalue weighted by Crippen LogP contribution is 2.29. The number of halogens is 3. The van der Waals surface area contributed by atoms with Gasteiger partial charge in [0.15, 0.2) is 0 Å². The second-order valence-electron chi connectivity index (χ2n) is 3.61. The van der Waals surface area contributed by atoms with Crippen LogP contribution >= 0.6 is 50.1 Å². The van der Waals surface area contributed by atoms with Crippen LogP contribution in [0, 0.1) is 3.57 Å². The largest absolute Gasteiger partial charge is 0.478 e. The summed E-state index contributed by atoms with van der Waals surface area (Å²) in [5, 5.41) is 12.1. The average Bonchev–Trinajstić information content (AvgIpc) is 2.34. The van der Waals surface area contributed by atoms with Gasteiger partial charge in [-0.1, -0.05) is 11.6 Å². The number of nitrogens with one attached hydrogen (secondary N) is 1. The number of rotatable bonds is 3. The normalized spacial score (nSPS) is 10.3. The predicted octanol–water partition coefficient (Wildman–Crippen LogP) is 4.54. The number of anilines is 2. The van der Waals surface area contributed by atoms with Gasteiger partial charge >= 0.3 is 5.97 Å². The molecule has 0 unspecified atom stereocenters. The molecule has 0 aliphatic carbocycles. The molecule has 1 aromatic carbocycles. The van der Waals surface area contributed by atoms with Crippen LogP contribution in [0.15, 0.2) is 34.9 Å². The van der Waals surface area contributed by atoms with E-state index < -0.39 is 5.97 Å². The van der Waals surface area contributed by atoms with Crippen molar-refractivity contribution in [2.75, 3.05) is 5.32 Å². The van der Waals surface area contributed by atoms with E-state index in [-0.39, 0.29) is 10.6 Å². The van der Waals surface area contributed by atoms with Crippen molar-refractivity contribution in [1.29, 1.82) is 0 Å². The summed E-state index contributed by atoms with van der Waals surface area (Å²) in [6.07, 6.45) is 1.26. The number of carboxylic acid groups (broad SMARTS) is 1. The Bertz CT molecular complexity index is 652. The summed E-state index contributed by atoms with van der Waals surface area (Å²) >= 11 is 11.6. The van der Waals surface area contributed by atoms with Crippen molar-refractivity contribution < 1.29 is 9.90 Å². The van der Waals surface area contributed by atoms with Gasteiger partial charge in [0.1, 0.15) is 5.82 Å². The fraction of sp³-hybridized carbons (Fsp3) is 0. The number of nitrogens with zero attached hydrogens (tertiary/aromatic N) is 1. The van der Waals surface area contributed by atoms with Gasteiger partial charge in [-0.2, -0.15) is 0 Å². The molecule has 0 aliphatic rings. The number of carbonyl (C=O) groups is 1. The third-order valence-corrected chi connectivity index (χ3v) is 3.89. The van der Waals surface area contributed by atoms with E-state index in [1.807, 2.05) is 18.2 Å². The molecule has 2 aromatic rings. The first-order chi connectivity index (χ1) is 8.97. The van der Waals surface area contributed by atoms with Crippen LogP contribution in [0.4, 0.5) is 11.5 Å². The quantitative estimate of drug-likeness (QED) is 0.670. The summed E-state index contributed by atoms with van der Waals surface area (Å²) in [6, 6.07) is 7.13. The second kappa shape index (κ2) is 6.06. The maximum absolute atomic E-state index is 10.8. The van der Waals surface area contributed by atoms with E-state index in [4.69, 9.17) is 16.7 Å². The molecule has 7 heteroatoms. The van der Waals surface area contributed by atoms with Gasteiger partial charge in [-0.05, 0) is 62.8 Å². The molecular formula is C12H7BrClIN2O2. The zero-order valence-corrected chi connectivity index (χ0v) is 13.8. The van der Waals surface area contributed by atoms with Gasteiger partial charge in [0, 0.05) is 14.2 Å². The number of hydrogen-bond donors (Lipinski definition) is 2. The van der Waals surface area contributed by atoms with E-state index in [0.29, 0.717) is 5.82 Å². The fourth-order valence-corrected chi connectivity index (χ4v) is 2.98. The molecule has 98 valence electrons. The highest BCUT2D eigenvalue weighted by molar-refractivity contribution is 14.1. The van der Waals surface area contributed by atoms with Crippen molar-refractivity contribution in [2.45, 2.75) is 0 Å². The highest BCUT2D eigenvalue weighted by Gasteiger charge is 2.10. The van der Waals surface area contributed by atoms with Crippen molar-refractivity contribution in [3.05, 3.63) is 49.1 Å². The lowest BCUT2D eigenvalue weighted by Gasteiger charge is -2.10. The number of carboxylic acids is 1. The van der Waals surface area contributed by atoms with Crippen LogP contribution in [0.1, 0.15) is 10.4 Å². The molecule has 0 aliphatic heterocycles. The Balaban J connectivity index is 2.31. The predicted molar refractivity (Wildman–Crippen MR) is 86.3 cm³/mol. The first kappa shape index (κ1) is 14.5. The molecule has 0 fully saturated rings. The third kappa shape index (κ3) is 3.58. The molecular weight excluding hydrogens is 446 g/mol. The van der Waals surface area contributed by atoms with E-state index in [0.717, 1.165) is 13.7 Å². The number of benzene rings is 1.